The van der Waals surface area contributed by atoms with E-state index >= 15 is 0 Å². The third kappa shape index (κ3) is 5.92. The molecule has 1 aliphatic heterocycles. The zero-order valence-corrected chi connectivity index (χ0v) is 14.2. The average molecular weight is 336 g/mol. The first-order valence-corrected chi connectivity index (χ1v) is 8.37. The summed E-state index contributed by atoms with van der Waals surface area (Å²) in [7, 11) is 0. The topological polar surface area (TPSA) is 67.4 Å². The van der Waals surface area contributed by atoms with Crippen LogP contribution in [0.25, 0.3) is 0 Å². The van der Waals surface area contributed by atoms with E-state index in [4.69, 9.17) is 4.74 Å². The SMILES string of the molecule is CC(C)[C@@H]1C[C@H](CC(=O)NCC(=O)Nc2ccc(F)cc2)CCO1. The summed E-state index contributed by atoms with van der Waals surface area (Å²) in [6, 6.07) is 5.49. The maximum Gasteiger partial charge on any atom is 0.243 e. The van der Waals surface area contributed by atoms with Gasteiger partial charge in [0.15, 0.2) is 0 Å². The van der Waals surface area contributed by atoms with Gasteiger partial charge in [0.25, 0.3) is 0 Å². The molecule has 0 unspecified atom stereocenters. The Morgan fingerprint density at radius 3 is 2.62 bits per heavy atom. The third-order valence-corrected chi connectivity index (χ3v) is 4.22. The molecule has 2 N–H and O–H groups in total. The summed E-state index contributed by atoms with van der Waals surface area (Å²) >= 11 is 0. The predicted molar refractivity (Wildman–Crippen MR) is 90.0 cm³/mol. The average Bonchev–Trinajstić information content (AvgIpc) is 2.55. The fraction of sp³-hybridized carbons (Fsp3) is 0.556. The van der Waals surface area contributed by atoms with E-state index in [0.29, 0.717) is 30.6 Å². The molecule has 0 aromatic heterocycles. The highest BCUT2D eigenvalue weighted by atomic mass is 19.1. The summed E-state index contributed by atoms with van der Waals surface area (Å²) in [5, 5.41) is 5.25. The lowest BCUT2D eigenvalue weighted by Gasteiger charge is -2.31. The van der Waals surface area contributed by atoms with Crippen molar-refractivity contribution in [1.29, 1.82) is 0 Å². The molecule has 2 rings (SSSR count). The van der Waals surface area contributed by atoms with Gasteiger partial charge < -0.3 is 15.4 Å². The Morgan fingerprint density at radius 2 is 1.96 bits per heavy atom. The predicted octanol–water partition coefficient (Wildman–Crippen LogP) is 2.72. The number of halogens is 1. The van der Waals surface area contributed by atoms with Gasteiger partial charge in [-0.25, -0.2) is 4.39 Å². The van der Waals surface area contributed by atoms with E-state index in [1.807, 2.05) is 0 Å². The van der Waals surface area contributed by atoms with Crippen molar-refractivity contribution >= 4 is 17.5 Å². The Hall–Kier alpha value is -1.95. The second kappa shape index (κ2) is 8.78. The van der Waals surface area contributed by atoms with Crippen LogP contribution in [0, 0.1) is 17.7 Å². The van der Waals surface area contributed by atoms with Gasteiger partial charge in [0.05, 0.1) is 12.6 Å². The van der Waals surface area contributed by atoms with Crippen LogP contribution < -0.4 is 10.6 Å². The van der Waals surface area contributed by atoms with E-state index in [-0.39, 0.29) is 30.3 Å². The molecule has 2 amide bonds. The number of hydrogen-bond donors (Lipinski definition) is 2. The van der Waals surface area contributed by atoms with Gasteiger partial charge in [-0.3, -0.25) is 9.59 Å². The van der Waals surface area contributed by atoms with Crippen LogP contribution in [0.1, 0.15) is 33.1 Å². The Balaban J connectivity index is 1.70. The summed E-state index contributed by atoms with van der Waals surface area (Å²) in [6.45, 7) is 4.83. The molecule has 5 nitrogen and oxygen atoms in total. The van der Waals surface area contributed by atoms with Crippen molar-refractivity contribution < 1.29 is 18.7 Å². The van der Waals surface area contributed by atoms with Gasteiger partial charge in [0.2, 0.25) is 11.8 Å². The fourth-order valence-corrected chi connectivity index (χ4v) is 2.80. The van der Waals surface area contributed by atoms with Gasteiger partial charge >= 0.3 is 0 Å². The molecule has 1 saturated heterocycles. The molecule has 24 heavy (non-hydrogen) atoms. The summed E-state index contributed by atoms with van der Waals surface area (Å²) < 4.78 is 18.5. The lowest BCUT2D eigenvalue weighted by molar-refractivity contribution is -0.126. The standard InChI is InChI=1S/C18H25FN2O3/c1-12(2)16-9-13(7-8-24-16)10-17(22)20-11-18(23)21-15-5-3-14(19)4-6-15/h3-6,12-13,16H,7-11H2,1-2H3,(H,20,22)(H,21,23)/t13-,16+/m1/s1. The number of nitrogens with one attached hydrogen (secondary N) is 2. The van der Waals surface area contributed by atoms with Crippen LogP contribution in [-0.2, 0) is 14.3 Å². The molecule has 2 atom stereocenters. The van der Waals surface area contributed by atoms with Gasteiger partial charge in [-0.15, -0.1) is 0 Å². The quantitative estimate of drug-likeness (QED) is 0.839. The van der Waals surface area contributed by atoms with Crippen LogP contribution in [0.5, 0.6) is 0 Å². The van der Waals surface area contributed by atoms with Crippen molar-refractivity contribution in [3.63, 3.8) is 0 Å². The van der Waals surface area contributed by atoms with Gasteiger partial charge in [-0.2, -0.15) is 0 Å². The number of benzene rings is 1. The van der Waals surface area contributed by atoms with Crippen molar-refractivity contribution in [1.82, 2.24) is 5.32 Å². The number of carbonyl (C=O) groups excluding carboxylic acids is 2. The van der Waals surface area contributed by atoms with Crippen LogP contribution >= 0.6 is 0 Å². The highest BCUT2D eigenvalue weighted by Gasteiger charge is 2.26. The minimum absolute atomic E-state index is 0.0902. The first kappa shape index (κ1) is 18.4. The number of rotatable bonds is 6. The van der Waals surface area contributed by atoms with Crippen LogP contribution in [-0.4, -0.2) is 31.1 Å². The second-order valence-electron chi connectivity index (χ2n) is 6.58. The molecule has 0 aliphatic carbocycles. The van der Waals surface area contributed by atoms with Gasteiger partial charge in [0.1, 0.15) is 5.82 Å². The minimum atomic E-state index is -0.363. The molecule has 0 spiro atoms. The second-order valence-corrected chi connectivity index (χ2v) is 6.58. The van der Waals surface area contributed by atoms with Crippen LogP contribution in [0.15, 0.2) is 24.3 Å². The zero-order valence-electron chi connectivity index (χ0n) is 14.2. The number of ether oxygens (including phenoxy) is 1. The number of anilines is 1. The molecular weight excluding hydrogens is 311 g/mol. The van der Waals surface area contributed by atoms with E-state index < -0.39 is 0 Å². The first-order chi connectivity index (χ1) is 11.4. The van der Waals surface area contributed by atoms with Gasteiger partial charge in [0, 0.05) is 18.7 Å². The minimum Gasteiger partial charge on any atom is -0.378 e. The van der Waals surface area contributed by atoms with Gasteiger partial charge in [-0.1, -0.05) is 13.8 Å². The molecule has 1 aromatic carbocycles. The van der Waals surface area contributed by atoms with Crippen molar-refractivity contribution in [3.8, 4) is 0 Å². The van der Waals surface area contributed by atoms with Crippen LogP contribution in [0.4, 0.5) is 10.1 Å². The molecule has 6 heteroatoms. The van der Waals surface area contributed by atoms with Crippen LogP contribution in [0.2, 0.25) is 0 Å². The normalized spacial score (nSPS) is 20.7. The Kier molecular flexibility index (Phi) is 6.73. The molecule has 0 radical (unpaired) electrons. The molecule has 1 aliphatic rings. The van der Waals surface area contributed by atoms with E-state index in [9.17, 15) is 14.0 Å². The Morgan fingerprint density at radius 1 is 1.25 bits per heavy atom. The van der Waals surface area contributed by atoms with Crippen molar-refractivity contribution in [2.45, 2.75) is 39.2 Å². The maximum atomic E-state index is 12.8. The van der Waals surface area contributed by atoms with E-state index in [2.05, 4.69) is 24.5 Å². The number of amides is 2. The summed E-state index contributed by atoms with van der Waals surface area (Å²) in [5.74, 6) is -0.0817. The van der Waals surface area contributed by atoms with E-state index in [1.165, 1.54) is 24.3 Å². The molecular formula is C18H25FN2O3. The fourth-order valence-electron chi connectivity index (χ4n) is 2.80. The third-order valence-electron chi connectivity index (χ3n) is 4.22. The Bertz CT molecular complexity index is 560. The van der Waals surface area contributed by atoms with Crippen molar-refractivity contribution in [2.24, 2.45) is 11.8 Å². The molecule has 1 fully saturated rings. The highest BCUT2D eigenvalue weighted by Crippen LogP contribution is 2.27. The maximum absolute atomic E-state index is 12.8. The summed E-state index contributed by atoms with van der Waals surface area (Å²) in [5.41, 5.74) is 0.500. The number of carbonyl (C=O) groups is 2. The zero-order chi connectivity index (χ0) is 17.5. The lowest BCUT2D eigenvalue weighted by Crippen LogP contribution is -2.36. The molecule has 132 valence electrons. The van der Waals surface area contributed by atoms with E-state index in [0.717, 1.165) is 12.8 Å². The lowest BCUT2D eigenvalue weighted by atomic mass is 9.88. The Labute approximate surface area is 142 Å². The summed E-state index contributed by atoms with van der Waals surface area (Å²) in [6.07, 6.45) is 2.38. The van der Waals surface area contributed by atoms with Crippen molar-refractivity contribution in [3.05, 3.63) is 30.1 Å². The van der Waals surface area contributed by atoms with Crippen LogP contribution in [0.3, 0.4) is 0 Å². The number of hydrogen-bond acceptors (Lipinski definition) is 3. The molecule has 1 heterocycles. The van der Waals surface area contributed by atoms with Crippen molar-refractivity contribution in [2.75, 3.05) is 18.5 Å². The molecule has 0 bridgehead atoms. The first-order valence-electron chi connectivity index (χ1n) is 8.37. The molecule has 1 aromatic rings. The van der Waals surface area contributed by atoms with E-state index in [1.54, 1.807) is 0 Å². The smallest absolute Gasteiger partial charge is 0.243 e. The molecule has 0 saturated carbocycles. The monoisotopic (exact) mass is 336 g/mol. The largest absolute Gasteiger partial charge is 0.378 e. The van der Waals surface area contributed by atoms with Gasteiger partial charge in [-0.05, 0) is 48.9 Å². The highest BCUT2D eigenvalue weighted by molar-refractivity contribution is 5.94. The summed E-state index contributed by atoms with van der Waals surface area (Å²) in [4.78, 5) is 23.8.